The van der Waals surface area contributed by atoms with Crippen molar-refractivity contribution in [1.29, 1.82) is 0 Å². The number of aliphatic hydroxyl groups is 1. The van der Waals surface area contributed by atoms with E-state index in [4.69, 9.17) is 23.2 Å². The summed E-state index contributed by atoms with van der Waals surface area (Å²) in [5.41, 5.74) is 1.72. The summed E-state index contributed by atoms with van der Waals surface area (Å²) in [7, 11) is 0. The number of halogens is 3. The smallest absolute Gasteiger partial charge is 0.114 e. The molecule has 2 aromatic rings. The molecular weight excluding hydrogens is 343 g/mol. The lowest BCUT2D eigenvalue weighted by Gasteiger charge is -2.11. The molecular formula is C12H9BrCl2OS. The Labute approximate surface area is 122 Å². The lowest BCUT2D eigenvalue weighted by atomic mass is 10.1. The topological polar surface area (TPSA) is 20.2 Å². The monoisotopic (exact) mass is 350 g/mol. The van der Waals surface area contributed by atoms with Gasteiger partial charge in [-0.05, 0) is 36.8 Å². The zero-order valence-corrected chi connectivity index (χ0v) is 12.8. The summed E-state index contributed by atoms with van der Waals surface area (Å²) in [6.07, 6.45) is -0.709. The number of hydrogen-bond donors (Lipinski definition) is 1. The van der Waals surface area contributed by atoms with E-state index in [9.17, 15) is 5.11 Å². The highest BCUT2D eigenvalue weighted by molar-refractivity contribution is 9.10. The molecule has 1 heterocycles. The van der Waals surface area contributed by atoms with Crippen LogP contribution in [-0.2, 0) is 0 Å². The molecule has 0 amide bonds. The lowest BCUT2D eigenvalue weighted by Crippen LogP contribution is -1.98. The van der Waals surface area contributed by atoms with Gasteiger partial charge in [-0.2, -0.15) is 0 Å². The van der Waals surface area contributed by atoms with Crippen molar-refractivity contribution in [3.8, 4) is 0 Å². The SMILES string of the molecule is Cc1cc(C(O)c2cc(Cl)ccc2Br)sc1Cl. The minimum absolute atomic E-state index is 0.599. The summed E-state index contributed by atoms with van der Waals surface area (Å²) in [5.74, 6) is 0. The minimum atomic E-state index is -0.709. The number of aryl methyl sites for hydroxylation is 1. The summed E-state index contributed by atoms with van der Waals surface area (Å²) >= 11 is 16.7. The van der Waals surface area contributed by atoms with Gasteiger partial charge in [0.15, 0.2) is 0 Å². The summed E-state index contributed by atoms with van der Waals surface area (Å²) in [6.45, 7) is 1.92. The Hall–Kier alpha value is -0.0600. The average molecular weight is 352 g/mol. The molecule has 1 unspecified atom stereocenters. The summed E-state index contributed by atoms with van der Waals surface area (Å²) in [6, 6.07) is 7.24. The predicted molar refractivity (Wildman–Crippen MR) is 77.3 cm³/mol. The lowest BCUT2D eigenvalue weighted by molar-refractivity contribution is 0.223. The molecule has 17 heavy (non-hydrogen) atoms. The van der Waals surface area contributed by atoms with Gasteiger partial charge >= 0.3 is 0 Å². The van der Waals surface area contributed by atoms with Crippen LogP contribution in [0.15, 0.2) is 28.7 Å². The Kier molecular flexibility index (Phi) is 4.16. The zero-order chi connectivity index (χ0) is 12.6. The van der Waals surface area contributed by atoms with Gasteiger partial charge in [-0.3, -0.25) is 0 Å². The van der Waals surface area contributed by atoms with Crippen LogP contribution in [0.25, 0.3) is 0 Å². The third-order valence-corrected chi connectivity index (χ3v) is 4.96. The Morgan fingerprint density at radius 3 is 2.59 bits per heavy atom. The van der Waals surface area contributed by atoms with Crippen LogP contribution in [0.2, 0.25) is 9.36 Å². The van der Waals surface area contributed by atoms with Crippen molar-refractivity contribution in [2.45, 2.75) is 13.0 Å². The second-order valence-electron chi connectivity index (χ2n) is 3.67. The predicted octanol–water partition coefficient (Wildman–Crippen LogP) is 5.21. The number of rotatable bonds is 2. The van der Waals surface area contributed by atoms with Crippen LogP contribution in [-0.4, -0.2) is 5.11 Å². The van der Waals surface area contributed by atoms with Gasteiger partial charge in [-0.25, -0.2) is 0 Å². The van der Waals surface area contributed by atoms with E-state index >= 15 is 0 Å². The second-order valence-corrected chi connectivity index (χ2v) is 6.65. The fourth-order valence-electron chi connectivity index (χ4n) is 1.50. The molecule has 0 saturated carbocycles. The maximum atomic E-state index is 10.3. The molecule has 90 valence electrons. The van der Waals surface area contributed by atoms with Crippen molar-refractivity contribution < 1.29 is 5.11 Å². The van der Waals surface area contributed by atoms with Crippen molar-refractivity contribution in [3.63, 3.8) is 0 Å². The van der Waals surface area contributed by atoms with Crippen molar-refractivity contribution in [3.05, 3.63) is 54.1 Å². The molecule has 0 aliphatic heterocycles. The second kappa shape index (κ2) is 5.29. The number of hydrogen-bond acceptors (Lipinski definition) is 2. The van der Waals surface area contributed by atoms with Gasteiger partial charge in [0, 0.05) is 19.9 Å². The third-order valence-electron chi connectivity index (χ3n) is 2.40. The first-order valence-corrected chi connectivity index (χ1v) is 7.24. The maximum Gasteiger partial charge on any atom is 0.114 e. The van der Waals surface area contributed by atoms with Crippen LogP contribution in [0.3, 0.4) is 0 Å². The Morgan fingerprint density at radius 2 is 2.00 bits per heavy atom. The highest BCUT2D eigenvalue weighted by Gasteiger charge is 2.17. The van der Waals surface area contributed by atoms with E-state index in [1.807, 2.05) is 19.1 Å². The van der Waals surface area contributed by atoms with Crippen LogP contribution < -0.4 is 0 Å². The number of thiophene rings is 1. The molecule has 2 rings (SSSR count). The molecule has 0 aliphatic rings. The minimum Gasteiger partial charge on any atom is -0.383 e. The van der Waals surface area contributed by atoms with Crippen LogP contribution in [0, 0.1) is 6.92 Å². The standard InChI is InChI=1S/C12H9BrCl2OS/c1-6-4-10(17-12(6)15)11(16)8-5-7(14)2-3-9(8)13/h2-5,11,16H,1H3. The largest absolute Gasteiger partial charge is 0.383 e. The molecule has 0 aliphatic carbocycles. The molecule has 1 atom stereocenters. The van der Waals surface area contributed by atoms with E-state index in [2.05, 4.69) is 15.9 Å². The highest BCUT2D eigenvalue weighted by atomic mass is 79.9. The first-order valence-electron chi connectivity index (χ1n) is 4.88. The van der Waals surface area contributed by atoms with Gasteiger partial charge in [-0.15, -0.1) is 11.3 Å². The molecule has 1 aromatic carbocycles. The van der Waals surface area contributed by atoms with Crippen molar-refractivity contribution >= 4 is 50.5 Å². The maximum absolute atomic E-state index is 10.3. The van der Waals surface area contributed by atoms with E-state index in [0.29, 0.717) is 9.36 Å². The van der Waals surface area contributed by atoms with Crippen molar-refractivity contribution in [2.75, 3.05) is 0 Å². The summed E-state index contributed by atoms with van der Waals surface area (Å²) in [4.78, 5) is 0.815. The van der Waals surface area contributed by atoms with Crippen molar-refractivity contribution in [2.24, 2.45) is 0 Å². The number of benzene rings is 1. The molecule has 0 spiro atoms. The van der Waals surface area contributed by atoms with Gasteiger partial charge in [0.2, 0.25) is 0 Å². The van der Waals surface area contributed by atoms with Gasteiger partial charge in [0.25, 0.3) is 0 Å². The average Bonchev–Trinajstić information content (AvgIpc) is 2.62. The van der Waals surface area contributed by atoms with E-state index in [0.717, 1.165) is 20.5 Å². The van der Waals surface area contributed by atoms with Gasteiger partial charge in [0.05, 0.1) is 4.34 Å². The van der Waals surface area contributed by atoms with Gasteiger partial charge in [0.1, 0.15) is 6.10 Å². The first-order chi connectivity index (χ1) is 7.99. The first kappa shape index (κ1) is 13.4. The molecule has 1 N–H and O–H groups in total. The van der Waals surface area contributed by atoms with E-state index in [-0.39, 0.29) is 0 Å². The quantitative estimate of drug-likeness (QED) is 0.787. The Morgan fingerprint density at radius 1 is 1.29 bits per heavy atom. The van der Waals surface area contributed by atoms with E-state index in [1.54, 1.807) is 12.1 Å². The van der Waals surface area contributed by atoms with Crippen molar-refractivity contribution in [1.82, 2.24) is 0 Å². The van der Waals surface area contributed by atoms with E-state index < -0.39 is 6.10 Å². The zero-order valence-electron chi connectivity index (χ0n) is 8.88. The Bertz CT molecular complexity index is 534. The van der Waals surface area contributed by atoms with Crippen LogP contribution in [0.1, 0.15) is 22.1 Å². The van der Waals surface area contributed by atoms with Gasteiger partial charge < -0.3 is 5.11 Å². The van der Waals surface area contributed by atoms with E-state index in [1.165, 1.54) is 11.3 Å². The third kappa shape index (κ3) is 2.85. The molecule has 0 saturated heterocycles. The number of aliphatic hydroxyl groups excluding tert-OH is 1. The fourth-order valence-corrected chi connectivity index (χ4v) is 3.36. The Balaban J connectivity index is 2.42. The highest BCUT2D eigenvalue weighted by Crippen LogP contribution is 2.37. The summed E-state index contributed by atoms with van der Waals surface area (Å²) in [5, 5.41) is 10.9. The summed E-state index contributed by atoms with van der Waals surface area (Å²) < 4.78 is 1.54. The van der Waals surface area contributed by atoms with Crippen LogP contribution in [0.4, 0.5) is 0 Å². The van der Waals surface area contributed by atoms with Gasteiger partial charge in [-0.1, -0.05) is 39.1 Å². The molecule has 1 nitrogen and oxygen atoms in total. The molecule has 5 heteroatoms. The van der Waals surface area contributed by atoms with Crippen LogP contribution in [0.5, 0.6) is 0 Å². The normalized spacial score (nSPS) is 12.8. The molecule has 0 bridgehead atoms. The molecule has 1 aromatic heterocycles. The molecule has 0 radical (unpaired) electrons. The van der Waals surface area contributed by atoms with Crippen LogP contribution >= 0.6 is 50.5 Å². The molecule has 0 fully saturated rings. The fraction of sp³-hybridized carbons (Fsp3) is 0.167.